The average Bonchev–Trinajstić information content (AvgIpc) is 3.50. The van der Waals surface area contributed by atoms with Crippen LogP contribution < -0.4 is 4.74 Å². The Morgan fingerprint density at radius 1 is 1.22 bits per heavy atom. The summed E-state index contributed by atoms with van der Waals surface area (Å²) in [7, 11) is 0. The van der Waals surface area contributed by atoms with Gasteiger partial charge in [0.2, 0.25) is 11.8 Å². The van der Waals surface area contributed by atoms with Crippen LogP contribution in [0.2, 0.25) is 0 Å². The van der Waals surface area contributed by atoms with Gasteiger partial charge in [-0.2, -0.15) is 0 Å². The van der Waals surface area contributed by atoms with Gasteiger partial charge in [0.25, 0.3) is 0 Å². The zero-order valence-corrected chi connectivity index (χ0v) is 19.6. The van der Waals surface area contributed by atoms with Crippen LogP contribution in [-0.2, 0) is 16.0 Å². The first-order valence-electron chi connectivity index (χ1n) is 11.5. The van der Waals surface area contributed by atoms with E-state index in [4.69, 9.17) is 4.74 Å². The van der Waals surface area contributed by atoms with Crippen molar-refractivity contribution in [2.45, 2.75) is 45.1 Å². The standard InChI is InChI=1S/C26H32N2O3S/c1-3-14-27(26(30)20-6-4-5-7-20)17-25(29)28-15-12-24-22(13-16-32-24)23(28)18-31-21-10-8-19(2)9-11-21/h3,8-11,13,16,20,23H,1,4-7,12,14-15,17-18H2,2H3/t23-/m1/s1. The number of ether oxygens (including phenoxy) is 1. The molecular weight excluding hydrogens is 420 g/mol. The summed E-state index contributed by atoms with van der Waals surface area (Å²) in [6.07, 6.45) is 6.60. The largest absolute Gasteiger partial charge is 0.491 e. The highest BCUT2D eigenvalue weighted by atomic mass is 32.1. The highest BCUT2D eigenvalue weighted by Gasteiger charge is 2.34. The van der Waals surface area contributed by atoms with E-state index >= 15 is 0 Å². The number of carbonyl (C=O) groups is 2. The van der Waals surface area contributed by atoms with E-state index in [-0.39, 0.29) is 30.3 Å². The predicted octanol–water partition coefficient (Wildman–Crippen LogP) is 4.77. The lowest BCUT2D eigenvalue weighted by atomic mass is 10.00. The Hall–Kier alpha value is -2.60. The predicted molar refractivity (Wildman–Crippen MR) is 128 cm³/mol. The SMILES string of the molecule is C=CCN(CC(=O)N1CCc2sccc2[C@H]1COc1ccc(C)cc1)C(=O)C1CCCC1. The van der Waals surface area contributed by atoms with Crippen molar-refractivity contribution in [3.8, 4) is 5.75 Å². The molecule has 0 saturated heterocycles. The third-order valence-electron chi connectivity index (χ3n) is 6.54. The fourth-order valence-electron chi connectivity index (χ4n) is 4.76. The number of amides is 2. The van der Waals surface area contributed by atoms with Crippen molar-refractivity contribution >= 4 is 23.2 Å². The lowest BCUT2D eigenvalue weighted by Gasteiger charge is -2.37. The van der Waals surface area contributed by atoms with E-state index in [1.54, 1.807) is 22.3 Å². The van der Waals surface area contributed by atoms with Gasteiger partial charge in [0.05, 0.1) is 6.04 Å². The number of nitrogens with zero attached hydrogens (tertiary/aromatic N) is 2. The Balaban J connectivity index is 1.48. The first kappa shape index (κ1) is 22.6. The molecule has 6 heteroatoms. The molecule has 1 fully saturated rings. The zero-order chi connectivity index (χ0) is 22.5. The molecule has 0 unspecified atom stereocenters. The molecule has 170 valence electrons. The van der Waals surface area contributed by atoms with Crippen LogP contribution in [0, 0.1) is 12.8 Å². The van der Waals surface area contributed by atoms with Crippen molar-refractivity contribution in [3.05, 3.63) is 64.4 Å². The molecule has 0 bridgehead atoms. The molecule has 1 aromatic heterocycles. The molecule has 32 heavy (non-hydrogen) atoms. The van der Waals surface area contributed by atoms with Crippen LogP contribution in [0.25, 0.3) is 0 Å². The van der Waals surface area contributed by atoms with E-state index in [9.17, 15) is 9.59 Å². The Morgan fingerprint density at radius 3 is 2.69 bits per heavy atom. The third kappa shape index (κ3) is 5.07. The molecule has 1 aromatic carbocycles. The number of benzene rings is 1. The van der Waals surface area contributed by atoms with Gasteiger partial charge in [0.15, 0.2) is 0 Å². The molecule has 2 amide bonds. The first-order valence-corrected chi connectivity index (χ1v) is 12.4. The molecule has 1 saturated carbocycles. The summed E-state index contributed by atoms with van der Waals surface area (Å²) in [6, 6.07) is 9.93. The normalized spacial score (nSPS) is 18.3. The smallest absolute Gasteiger partial charge is 0.242 e. The molecular formula is C26H32N2O3S. The molecule has 2 heterocycles. The second kappa shape index (κ2) is 10.3. The molecule has 2 aliphatic rings. The van der Waals surface area contributed by atoms with Gasteiger partial charge in [-0.15, -0.1) is 17.9 Å². The Labute approximate surface area is 194 Å². The van der Waals surface area contributed by atoms with Crippen molar-refractivity contribution in [3.63, 3.8) is 0 Å². The van der Waals surface area contributed by atoms with Crippen LogP contribution in [0.4, 0.5) is 0 Å². The van der Waals surface area contributed by atoms with Gasteiger partial charge in [-0.25, -0.2) is 0 Å². The summed E-state index contributed by atoms with van der Waals surface area (Å²) in [4.78, 5) is 31.4. The maximum absolute atomic E-state index is 13.4. The minimum absolute atomic E-state index is 0.0208. The Morgan fingerprint density at radius 2 is 1.97 bits per heavy atom. The van der Waals surface area contributed by atoms with Gasteiger partial charge in [0, 0.05) is 23.9 Å². The number of hydrogen-bond acceptors (Lipinski definition) is 4. The van der Waals surface area contributed by atoms with E-state index < -0.39 is 0 Å². The van der Waals surface area contributed by atoms with E-state index in [0.717, 1.165) is 37.9 Å². The minimum atomic E-state index is -0.147. The number of hydrogen-bond donors (Lipinski definition) is 0. The summed E-state index contributed by atoms with van der Waals surface area (Å²) >= 11 is 1.74. The van der Waals surface area contributed by atoms with Crippen molar-refractivity contribution in [2.24, 2.45) is 5.92 Å². The second-order valence-electron chi connectivity index (χ2n) is 8.76. The molecule has 0 N–H and O–H groups in total. The number of fused-ring (bicyclic) bond motifs is 1. The summed E-state index contributed by atoms with van der Waals surface area (Å²) in [5.41, 5.74) is 2.35. The molecule has 0 radical (unpaired) electrons. The molecule has 2 aromatic rings. The fraction of sp³-hybridized carbons (Fsp3) is 0.462. The molecule has 1 atom stereocenters. The van der Waals surface area contributed by atoms with Crippen LogP contribution in [0.1, 0.15) is 47.7 Å². The number of rotatable bonds is 8. The van der Waals surface area contributed by atoms with Crippen LogP contribution in [0.5, 0.6) is 5.75 Å². The van der Waals surface area contributed by atoms with Crippen molar-refractivity contribution in [2.75, 3.05) is 26.2 Å². The minimum Gasteiger partial charge on any atom is -0.491 e. The van der Waals surface area contributed by atoms with Crippen molar-refractivity contribution < 1.29 is 14.3 Å². The van der Waals surface area contributed by atoms with Crippen LogP contribution in [0.15, 0.2) is 48.4 Å². The highest BCUT2D eigenvalue weighted by molar-refractivity contribution is 7.10. The summed E-state index contributed by atoms with van der Waals surface area (Å²) in [5, 5.41) is 2.09. The van der Waals surface area contributed by atoms with E-state index in [2.05, 4.69) is 18.0 Å². The lowest BCUT2D eigenvalue weighted by Crippen LogP contribution is -2.48. The maximum Gasteiger partial charge on any atom is 0.242 e. The fourth-order valence-corrected chi connectivity index (χ4v) is 5.69. The number of aryl methyl sites for hydroxylation is 1. The van der Waals surface area contributed by atoms with Crippen molar-refractivity contribution in [1.29, 1.82) is 0 Å². The average molecular weight is 453 g/mol. The van der Waals surface area contributed by atoms with Gasteiger partial charge in [-0.1, -0.05) is 36.6 Å². The Kier molecular flexibility index (Phi) is 7.30. The first-order chi connectivity index (χ1) is 15.6. The second-order valence-corrected chi connectivity index (χ2v) is 9.77. The zero-order valence-electron chi connectivity index (χ0n) is 18.8. The van der Waals surface area contributed by atoms with Gasteiger partial charge >= 0.3 is 0 Å². The molecule has 0 spiro atoms. The van der Waals surface area contributed by atoms with E-state index in [0.29, 0.717) is 19.7 Å². The number of thiophene rings is 1. The van der Waals surface area contributed by atoms with E-state index in [1.165, 1.54) is 16.0 Å². The topological polar surface area (TPSA) is 49.9 Å². The van der Waals surface area contributed by atoms with Gasteiger partial charge in [-0.3, -0.25) is 9.59 Å². The van der Waals surface area contributed by atoms with E-state index in [1.807, 2.05) is 36.1 Å². The highest BCUT2D eigenvalue weighted by Crippen LogP contribution is 2.34. The monoisotopic (exact) mass is 452 g/mol. The molecule has 1 aliphatic heterocycles. The molecule has 4 rings (SSSR count). The van der Waals surface area contributed by atoms with Gasteiger partial charge < -0.3 is 14.5 Å². The molecule has 5 nitrogen and oxygen atoms in total. The Bertz CT molecular complexity index is 946. The summed E-state index contributed by atoms with van der Waals surface area (Å²) < 4.78 is 6.10. The van der Waals surface area contributed by atoms with Crippen molar-refractivity contribution in [1.82, 2.24) is 9.80 Å². The van der Waals surface area contributed by atoms with Crippen LogP contribution in [0.3, 0.4) is 0 Å². The van der Waals surface area contributed by atoms with Crippen LogP contribution in [-0.4, -0.2) is 47.9 Å². The third-order valence-corrected chi connectivity index (χ3v) is 7.53. The van der Waals surface area contributed by atoms with Crippen LogP contribution >= 0.6 is 11.3 Å². The summed E-state index contributed by atoms with van der Waals surface area (Å²) in [5.74, 6) is 0.923. The quantitative estimate of drug-likeness (QED) is 0.542. The number of carbonyl (C=O) groups excluding carboxylic acids is 2. The maximum atomic E-state index is 13.4. The summed E-state index contributed by atoms with van der Waals surface area (Å²) in [6.45, 7) is 7.40. The van der Waals surface area contributed by atoms with Gasteiger partial charge in [-0.05, 0) is 55.3 Å². The lowest BCUT2D eigenvalue weighted by molar-refractivity contribution is -0.144. The van der Waals surface area contributed by atoms with Gasteiger partial charge in [0.1, 0.15) is 18.9 Å². The molecule has 1 aliphatic carbocycles.